The predicted molar refractivity (Wildman–Crippen MR) is 56.8 cm³/mol. The van der Waals surface area contributed by atoms with E-state index in [1.165, 1.54) is 32.4 Å². The highest BCUT2D eigenvalue weighted by atomic mass is 16.5. The number of carbonyl (C=O) groups is 1. The van der Waals surface area contributed by atoms with E-state index in [9.17, 15) is 4.79 Å². The molecule has 2 nitrogen and oxygen atoms in total. The van der Waals surface area contributed by atoms with E-state index in [2.05, 4.69) is 16.9 Å². The molecular weight excluding hydrogens is 176 g/mol. The molecule has 1 fully saturated rings. The van der Waals surface area contributed by atoms with Crippen LogP contribution in [0, 0.1) is 11.8 Å². The van der Waals surface area contributed by atoms with Gasteiger partial charge in [0.1, 0.15) is 0 Å². The van der Waals surface area contributed by atoms with E-state index in [1.54, 1.807) is 13.0 Å². The topological polar surface area (TPSA) is 26.3 Å². The first-order valence-corrected chi connectivity index (χ1v) is 5.15. The summed E-state index contributed by atoms with van der Waals surface area (Å²) in [4.78, 5) is 10.1. The van der Waals surface area contributed by atoms with Crippen molar-refractivity contribution in [2.45, 2.75) is 26.2 Å². The Bertz CT molecular complexity index is 229. The molecule has 0 aromatic heterocycles. The van der Waals surface area contributed by atoms with Gasteiger partial charge in [0.05, 0.1) is 7.11 Å². The Morgan fingerprint density at radius 3 is 2.07 bits per heavy atom. The summed E-state index contributed by atoms with van der Waals surface area (Å²) in [7, 11) is 1.35. The molecule has 0 N–H and O–H groups in total. The van der Waals surface area contributed by atoms with Crippen molar-refractivity contribution in [2.24, 2.45) is 11.8 Å². The molecule has 0 aliphatic heterocycles. The van der Waals surface area contributed by atoms with Gasteiger partial charge in [0, 0.05) is 6.08 Å². The number of ether oxygens (including phenoxy) is 1. The van der Waals surface area contributed by atoms with Crippen LogP contribution in [0.2, 0.25) is 0 Å². The van der Waals surface area contributed by atoms with Crippen molar-refractivity contribution in [1.29, 1.82) is 0 Å². The smallest absolute Gasteiger partial charge is 0.330 e. The van der Waals surface area contributed by atoms with Gasteiger partial charge >= 0.3 is 5.97 Å². The summed E-state index contributed by atoms with van der Waals surface area (Å²) >= 11 is 0. The van der Waals surface area contributed by atoms with Crippen molar-refractivity contribution in [1.82, 2.24) is 0 Å². The summed E-state index contributed by atoms with van der Waals surface area (Å²) in [5, 5.41) is 0. The minimum absolute atomic E-state index is 0.303. The van der Waals surface area contributed by atoms with Gasteiger partial charge in [-0.2, -0.15) is 0 Å². The fraction of sp³-hybridized carbons (Fsp3) is 0.583. The van der Waals surface area contributed by atoms with Crippen molar-refractivity contribution in [3.63, 3.8) is 0 Å². The fourth-order valence-corrected chi connectivity index (χ4v) is 1.92. The van der Waals surface area contributed by atoms with Crippen LogP contribution in [0.15, 0.2) is 24.3 Å². The van der Waals surface area contributed by atoms with Gasteiger partial charge in [0.2, 0.25) is 0 Å². The zero-order valence-corrected chi connectivity index (χ0v) is 8.90. The zero-order valence-electron chi connectivity index (χ0n) is 8.90. The summed E-state index contributed by atoms with van der Waals surface area (Å²) in [5.74, 6) is 1.68. The van der Waals surface area contributed by atoms with E-state index in [0.717, 1.165) is 11.8 Å². The van der Waals surface area contributed by atoms with Crippen LogP contribution >= 0.6 is 0 Å². The number of rotatable bonds is 1. The van der Waals surface area contributed by atoms with Crippen molar-refractivity contribution >= 4 is 5.97 Å². The Labute approximate surface area is 85.6 Å². The van der Waals surface area contributed by atoms with Crippen LogP contribution in [0.25, 0.3) is 0 Å². The second-order valence-corrected chi connectivity index (χ2v) is 3.74. The van der Waals surface area contributed by atoms with Gasteiger partial charge in [0.25, 0.3) is 0 Å². The molecule has 0 saturated heterocycles. The van der Waals surface area contributed by atoms with E-state index >= 15 is 0 Å². The Morgan fingerprint density at radius 1 is 1.36 bits per heavy atom. The van der Waals surface area contributed by atoms with Crippen LogP contribution in [0.5, 0.6) is 0 Å². The van der Waals surface area contributed by atoms with Crippen LogP contribution < -0.4 is 0 Å². The molecule has 2 heteroatoms. The van der Waals surface area contributed by atoms with Gasteiger partial charge in [-0.3, -0.25) is 0 Å². The van der Waals surface area contributed by atoms with Crippen LogP contribution in [-0.4, -0.2) is 13.1 Å². The minimum atomic E-state index is -0.303. The number of methoxy groups -OCH3 is 1. The lowest BCUT2D eigenvalue weighted by molar-refractivity contribution is -0.134. The normalized spacial score (nSPS) is 27.6. The third-order valence-corrected chi connectivity index (χ3v) is 2.67. The van der Waals surface area contributed by atoms with E-state index < -0.39 is 0 Å². The first-order chi connectivity index (χ1) is 6.76. The molecule has 2 aliphatic rings. The average molecular weight is 194 g/mol. The van der Waals surface area contributed by atoms with E-state index in [0.29, 0.717) is 0 Å². The molecule has 0 heterocycles. The molecule has 2 bridgehead atoms. The average Bonchev–Trinajstić information content (AvgIpc) is 2.82. The summed E-state index contributed by atoms with van der Waals surface area (Å²) in [6.07, 6.45) is 12.2. The highest BCUT2D eigenvalue weighted by Crippen LogP contribution is 2.38. The Kier molecular flexibility index (Phi) is 4.44. The predicted octanol–water partition coefficient (Wildman–Crippen LogP) is 2.71. The Morgan fingerprint density at radius 2 is 1.93 bits per heavy atom. The SMILES string of the molecule is C1=CC2CCC1C2.CC=CC(=O)OC. The maximum atomic E-state index is 10.1. The van der Waals surface area contributed by atoms with Gasteiger partial charge < -0.3 is 4.74 Å². The maximum absolute atomic E-state index is 10.1. The molecule has 78 valence electrons. The second-order valence-electron chi connectivity index (χ2n) is 3.74. The van der Waals surface area contributed by atoms with Gasteiger partial charge in [-0.25, -0.2) is 4.79 Å². The molecule has 2 rings (SSSR count). The lowest BCUT2D eigenvalue weighted by Crippen LogP contribution is -1.92. The first kappa shape index (κ1) is 11.0. The molecule has 0 aromatic rings. The molecule has 0 amide bonds. The highest BCUT2D eigenvalue weighted by Gasteiger charge is 2.25. The molecule has 0 aromatic carbocycles. The zero-order chi connectivity index (χ0) is 10.4. The third-order valence-electron chi connectivity index (χ3n) is 2.67. The van der Waals surface area contributed by atoms with Crippen molar-refractivity contribution < 1.29 is 9.53 Å². The van der Waals surface area contributed by atoms with Gasteiger partial charge in [-0.15, -0.1) is 0 Å². The van der Waals surface area contributed by atoms with Gasteiger partial charge in [0.15, 0.2) is 0 Å². The molecule has 1 saturated carbocycles. The molecular formula is C12H18O2. The summed E-state index contributed by atoms with van der Waals surface area (Å²) in [6, 6.07) is 0. The lowest BCUT2D eigenvalue weighted by atomic mass is 10.1. The molecule has 2 aliphatic carbocycles. The highest BCUT2D eigenvalue weighted by molar-refractivity contribution is 5.81. The number of hydrogen-bond donors (Lipinski definition) is 0. The van der Waals surface area contributed by atoms with Crippen LogP contribution in [0.3, 0.4) is 0 Å². The molecule has 14 heavy (non-hydrogen) atoms. The van der Waals surface area contributed by atoms with Crippen LogP contribution in [0.4, 0.5) is 0 Å². The van der Waals surface area contributed by atoms with Crippen LogP contribution in [-0.2, 0) is 9.53 Å². The first-order valence-electron chi connectivity index (χ1n) is 5.15. The van der Waals surface area contributed by atoms with Gasteiger partial charge in [-0.05, 0) is 38.0 Å². The summed E-state index contributed by atoms with van der Waals surface area (Å²) < 4.78 is 4.26. The molecule has 2 unspecified atom stereocenters. The third kappa shape index (κ3) is 3.36. The van der Waals surface area contributed by atoms with E-state index in [1.807, 2.05) is 0 Å². The number of fused-ring (bicyclic) bond motifs is 2. The summed E-state index contributed by atoms with van der Waals surface area (Å²) in [5.41, 5.74) is 0. The van der Waals surface area contributed by atoms with E-state index in [4.69, 9.17) is 0 Å². The monoisotopic (exact) mass is 194 g/mol. The lowest BCUT2D eigenvalue weighted by Gasteiger charge is -1.96. The fourth-order valence-electron chi connectivity index (χ4n) is 1.92. The van der Waals surface area contributed by atoms with Crippen LogP contribution in [0.1, 0.15) is 26.2 Å². The van der Waals surface area contributed by atoms with Crippen molar-refractivity contribution in [2.75, 3.05) is 7.11 Å². The number of hydrogen-bond acceptors (Lipinski definition) is 2. The van der Waals surface area contributed by atoms with Crippen molar-refractivity contribution in [3.05, 3.63) is 24.3 Å². The Balaban J connectivity index is 0.000000140. The molecule has 2 atom stereocenters. The van der Waals surface area contributed by atoms with E-state index in [-0.39, 0.29) is 5.97 Å². The molecule has 0 spiro atoms. The standard InChI is InChI=1S/C7H10.C5H8O2/c1-2-7-4-3-6(1)5-7;1-3-4-5(6)7-2/h1-2,6-7H,3-5H2;3-4H,1-2H3. The summed E-state index contributed by atoms with van der Waals surface area (Å²) in [6.45, 7) is 1.76. The number of carbonyl (C=O) groups excluding carboxylic acids is 1. The minimum Gasteiger partial charge on any atom is -0.466 e. The molecule has 0 radical (unpaired) electrons. The maximum Gasteiger partial charge on any atom is 0.330 e. The number of esters is 1. The Hall–Kier alpha value is -1.05. The largest absolute Gasteiger partial charge is 0.466 e. The quantitative estimate of drug-likeness (QED) is 0.364. The van der Waals surface area contributed by atoms with Gasteiger partial charge in [-0.1, -0.05) is 18.2 Å². The second kappa shape index (κ2) is 5.63. The number of allylic oxidation sites excluding steroid dienone is 3. The van der Waals surface area contributed by atoms with Crippen molar-refractivity contribution in [3.8, 4) is 0 Å².